The third-order valence-corrected chi connectivity index (χ3v) is 8.21. The van der Waals surface area contributed by atoms with Crippen LogP contribution in [-0.2, 0) is 28.0 Å². The number of hydrogen-bond acceptors (Lipinski definition) is 7. The largest absolute Gasteiger partial charge is 0.342 e. The highest BCUT2D eigenvalue weighted by Crippen LogP contribution is 2.40. The fourth-order valence-corrected chi connectivity index (χ4v) is 6.14. The quantitative estimate of drug-likeness (QED) is 0.509. The maximum Gasteiger partial charge on any atom is 0.325 e. The number of urea groups is 1. The second-order valence-corrected chi connectivity index (χ2v) is 10.3. The van der Waals surface area contributed by atoms with Crippen LogP contribution in [0.4, 0.5) is 4.79 Å². The number of nitrogens with one attached hydrogen (secondary N) is 1. The Hall–Kier alpha value is -3.11. The molecule has 0 unspecified atom stereocenters. The van der Waals surface area contributed by atoms with Crippen LogP contribution in [0.15, 0.2) is 52.8 Å². The first-order valence-corrected chi connectivity index (χ1v) is 13.1. The van der Waals surface area contributed by atoms with Gasteiger partial charge in [-0.3, -0.25) is 19.5 Å². The van der Waals surface area contributed by atoms with Gasteiger partial charge in [-0.1, -0.05) is 12.1 Å². The topological polar surface area (TPSA) is 95.5 Å². The van der Waals surface area contributed by atoms with E-state index >= 15 is 0 Å². The van der Waals surface area contributed by atoms with Crippen molar-refractivity contribution in [1.29, 1.82) is 0 Å². The van der Waals surface area contributed by atoms with E-state index in [0.717, 1.165) is 10.6 Å². The lowest BCUT2D eigenvalue weighted by Crippen LogP contribution is -2.54. The Kier molecular flexibility index (Phi) is 6.42. The van der Waals surface area contributed by atoms with Crippen LogP contribution in [0.3, 0.4) is 0 Å². The number of hydrogen-bond donors (Lipinski definition) is 1. The first kappa shape index (κ1) is 22.7. The van der Waals surface area contributed by atoms with Crippen molar-refractivity contribution in [2.24, 2.45) is 5.92 Å². The number of likely N-dealkylation sites (tertiary alicyclic amines) is 1. The van der Waals surface area contributed by atoms with Gasteiger partial charge in [0, 0.05) is 42.0 Å². The Morgan fingerprint density at radius 2 is 2.00 bits per heavy atom. The van der Waals surface area contributed by atoms with Gasteiger partial charge < -0.3 is 10.2 Å². The molecule has 0 bridgehead atoms. The van der Waals surface area contributed by atoms with E-state index in [4.69, 9.17) is 0 Å². The zero-order valence-electron chi connectivity index (χ0n) is 18.6. The summed E-state index contributed by atoms with van der Waals surface area (Å²) in [5.74, 6) is -0.371. The number of rotatable bonds is 7. The lowest BCUT2D eigenvalue weighted by Gasteiger charge is -2.40. The smallest absolute Gasteiger partial charge is 0.325 e. The summed E-state index contributed by atoms with van der Waals surface area (Å²) in [5.41, 5.74) is 1.85. The Labute approximate surface area is 205 Å². The number of nitrogens with zero attached hydrogens (tertiary/aromatic N) is 4. The molecule has 34 heavy (non-hydrogen) atoms. The number of imide groups is 1. The monoisotopic (exact) mass is 495 g/mol. The molecule has 5 rings (SSSR count). The van der Waals surface area contributed by atoms with Crippen molar-refractivity contribution >= 4 is 40.5 Å². The number of amides is 4. The lowest BCUT2D eigenvalue weighted by atomic mass is 9.75. The summed E-state index contributed by atoms with van der Waals surface area (Å²) in [4.78, 5) is 52.6. The first-order chi connectivity index (χ1) is 16.6. The first-order valence-electron chi connectivity index (χ1n) is 11.3. The SMILES string of the molecule is O=C(Cc1cscn1)N1CCC([C@@]2(c3ccccn3)NC(=O)N(CCc3cccs3)C2=O)CC1. The summed E-state index contributed by atoms with van der Waals surface area (Å²) in [7, 11) is 0. The molecule has 0 radical (unpaired) electrons. The van der Waals surface area contributed by atoms with Crippen molar-refractivity contribution in [3.8, 4) is 0 Å². The summed E-state index contributed by atoms with van der Waals surface area (Å²) >= 11 is 3.09. The summed E-state index contributed by atoms with van der Waals surface area (Å²) in [5, 5.41) is 6.91. The molecule has 1 atom stereocenters. The molecule has 8 nitrogen and oxygen atoms in total. The summed E-state index contributed by atoms with van der Waals surface area (Å²) in [6, 6.07) is 9.04. The highest BCUT2D eigenvalue weighted by atomic mass is 32.1. The molecule has 2 aliphatic rings. The maximum atomic E-state index is 13.8. The van der Waals surface area contributed by atoms with Gasteiger partial charge in [0.15, 0.2) is 5.54 Å². The van der Waals surface area contributed by atoms with Crippen LogP contribution in [0.25, 0.3) is 0 Å². The fourth-order valence-electron chi connectivity index (χ4n) is 4.88. The van der Waals surface area contributed by atoms with Gasteiger partial charge >= 0.3 is 6.03 Å². The molecule has 2 saturated heterocycles. The number of pyridine rings is 1. The molecule has 10 heteroatoms. The Balaban J connectivity index is 1.34. The number of carbonyl (C=O) groups is 3. The molecule has 0 spiro atoms. The van der Waals surface area contributed by atoms with E-state index < -0.39 is 5.54 Å². The van der Waals surface area contributed by atoms with E-state index in [-0.39, 0.29) is 30.2 Å². The van der Waals surface area contributed by atoms with Crippen molar-refractivity contribution in [2.75, 3.05) is 19.6 Å². The van der Waals surface area contributed by atoms with Gasteiger partial charge in [-0.15, -0.1) is 22.7 Å². The van der Waals surface area contributed by atoms with E-state index in [2.05, 4.69) is 15.3 Å². The van der Waals surface area contributed by atoms with Crippen molar-refractivity contribution in [1.82, 2.24) is 25.1 Å². The van der Waals surface area contributed by atoms with Gasteiger partial charge in [0.05, 0.1) is 23.3 Å². The van der Waals surface area contributed by atoms with Crippen LogP contribution in [0, 0.1) is 5.92 Å². The Morgan fingerprint density at radius 1 is 1.15 bits per heavy atom. The van der Waals surface area contributed by atoms with E-state index in [0.29, 0.717) is 44.6 Å². The minimum absolute atomic E-state index is 0.0376. The molecule has 2 fully saturated rings. The Morgan fingerprint density at radius 3 is 2.68 bits per heavy atom. The molecule has 3 aromatic heterocycles. The minimum Gasteiger partial charge on any atom is -0.342 e. The fraction of sp³-hybridized carbons (Fsp3) is 0.375. The normalized spacial score (nSPS) is 21.2. The predicted octanol–water partition coefficient (Wildman–Crippen LogP) is 3.07. The van der Waals surface area contributed by atoms with Gasteiger partial charge in [0.2, 0.25) is 5.91 Å². The molecule has 0 aromatic carbocycles. The highest BCUT2D eigenvalue weighted by molar-refractivity contribution is 7.09. The van der Waals surface area contributed by atoms with Crippen LogP contribution >= 0.6 is 22.7 Å². The molecule has 4 amide bonds. The molecule has 5 heterocycles. The summed E-state index contributed by atoms with van der Waals surface area (Å²) in [6.45, 7) is 1.38. The van der Waals surface area contributed by atoms with Gasteiger partial charge in [-0.2, -0.15) is 0 Å². The standard InChI is InChI=1S/C24H25N5O3S2/c30-21(14-18-15-33-16-26-18)28-10-6-17(7-11-28)24(20-5-1-2-9-25-20)22(31)29(23(32)27-24)12-8-19-4-3-13-34-19/h1-5,9,13,15-17H,6-8,10-12,14H2,(H,27,32)/t24-/m0/s1. The molecule has 176 valence electrons. The van der Waals surface area contributed by atoms with E-state index in [1.807, 2.05) is 33.9 Å². The van der Waals surface area contributed by atoms with Gasteiger partial charge in [0.25, 0.3) is 5.91 Å². The summed E-state index contributed by atoms with van der Waals surface area (Å²) in [6.07, 6.45) is 3.76. The number of carbonyl (C=O) groups excluding carboxylic acids is 3. The highest BCUT2D eigenvalue weighted by Gasteiger charge is 2.58. The molecular weight excluding hydrogens is 470 g/mol. The van der Waals surface area contributed by atoms with Crippen molar-refractivity contribution in [2.45, 2.75) is 31.2 Å². The second-order valence-electron chi connectivity index (χ2n) is 8.55. The lowest BCUT2D eigenvalue weighted by molar-refractivity contribution is -0.136. The van der Waals surface area contributed by atoms with Crippen molar-refractivity contribution in [3.05, 3.63) is 69.1 Å². The molecule has 1 N–H and O–H groups in total. The molecular formula is C24H25N5O3S2. The third kappa shape index (κ3) is 4.23. The number of piperidine rings is 1. The molecule has 0 aliphatic carbocycles. The third-order valence-electron chi connectivity index (χ3n) is 6.64. The van der Waals surface area contributed by atoms with Crippen LogP contribution in [0.1, 0.15) is 29.1 Å². The maximum absolute atomic E-state index is 13.8. The van der Waals surface area contributed by atoms with Crippen LogP contribution in [0.5, 0.6) is 0 Å². The second kappa shape index (κ2) is 9.63. The number of aromatic nitrogens is 2. The molecule has 3 aromatic rings. The Bertz CT molecular complexity index is 1140. The average molecular weight is 496 g/mol. The molecule has 2 aliphatic heterocycles. The molecule has 0 saturated carbocycles. The van der Waals surface area contributed by atoms with E-state index in [1.54, 1.807) is 35.2 Å². The van der Waals surface area contributed by atoms with Crippen molar-refractivity contribution < 1.29 is 14.4 Å². The van der Waals surface area contributed by atoms with Gasteiger partial charge in [0.1, 0.15) is 0 Å². The van der Waals surface area contributed by atoms with Crippen LogP contribution < -0.4 is 5.32 Å². The predicted molar refractivity (Wildman–Crippen MR) is 129 cm³/mol. The van der Waals surface area contributed by atoms with Crippen LogP contribution in [-0.4, -0.2) is 57.2 Å². The average Bonchev–Trinajstić information content (AvgIpc) is 3.61. The number of thiophene rings is 1. The number of thiazole rings is 1. The van der Waals surface area contributed by atoms with Crippen molar-refractivity contribution in [3.63, 3.8) is 0 Å². The van der Waals surface area contributed by atoms with E-state index in [1.165, 1.54) is 16.2 Å². The van der Waals surface area contributed by atoms with Gasteiger partial charge in [-0.25, -0.2) is 9.78 Å². The van der Waals surface area contributed by atoms with Gasteiger partial charge in [-0.05, 0) is 42.8 Å². The zero-order valence-corrected chi connectivity index (χ0v) is 20.2. The summed E-state index contributed by atoms with van der Waals surface area (Å²) < 4.78 is 0. The van der Waals surface area contributed by atoms with Crippen LogP contribution in [0.2, 0.25) is 0 Å². The minimum atomic E-state index is -1.21. The van der Waals surface area contributed by atoms with E-state index in [9.17, 15) is 14.4 Å². The zero-order chi connectivity index (χ0) is 23.5.